The average molecular weight is 320 g/mol. The number of nitrogens with one attached hydrogen (secondary N) is 3. The number of para-hydroxylation sites is 2. The lowest BCUT2D eigenvalue weighted by atomic mass is 10.2. The fraction of sp³-hybridized carbons (Fsp3) is 0.500. The molecule has 1 aromatic rings. The molecule has 1 aliphatic rings. The van der Waals surface area contributed by atoms with E-state index in [0.29, 0.717) is 32.2 Å². The molecule has 0 fully saturated rings. The molecule has 0 aromatic heterocycles. The first-order chi connectivity index (χ1) is 11.2. The Bertz CT molecular complexity index is 548. The summed E-state index contributed by atoms with van der Waals surface area (Å²) in [4.78, 5) is 15.7. The summed E-state index contributed by atoms with van der Waals surface area (Å²) in [6, 6.07) is 7.60. The minimum atomic E-state index is -0.113. The Balaban J connectivity index is 1.84. The van der Waals surface area contributed by atoms with Gasteiger partial charge in [-0.05, 0) is 26.0 Å². The molecule has 23 heavy (non-hydrogen) atoms. The molecule has 0 aliphatic carbocycles. The number of hydrogen-bond donors (Lipinski definition) is 3. The first-order valence-electron chi connectivity index (χ1n) is 7.90. The lowest BCUT2D eigenvalue weighted by molar-refractivity contribution is -0.119. The SMILES string of the molecule is CCNC(=O)CN=C(NCC)NCC1COc2ccccc2O1. The van der Waals surface area contributed by atoms with Crippen molar-refractivity contribution in [3.05, 3.63) is 24.3 Å². The van der Waals surface area contributed by atoms with Gasteiger partial charge in [0, 0.05) is 13.1 Å². The van der Waals surface area contributed by atoms with Gasteiger partial charge in [0.05, 0.1) is 6.54 Å². The van der Waals surface area contributed by atoms with Gasteiger partial charge in [0.1, 0.15) is 19.3 Å². The van der Waals surface area contributed by atoms with Crippen molar-refractivity contribution in [3.63, 3.8) is 0 Å². The molecular weight excluding hydrogens is 296 g/mol. The third kappa shape index (κ3) is 5.36. The molecule has 0 bridgehead atoms. The number of aliphatic imine (C=N–C) groups is 1. The number of rotatable bonds is 6. The second kappa shape index (κ2) is 8.87. The van der Waals surface area contributed by atoms with E-state index in [2.05, 4.69) is 20.9 Å². The van der Waals surface area contributed by atoms with Crippen LogP contribution in [0.4, 0.5) is 0 Å². The van der Waals surface area contributed by atoms with E-state index < -0.39 is 0 Å². The summed E-state index contributed by atoms with van der Waals surface area (Å²) in [6.07, 6.45) is -0.113. The van der Waals surface area contributed by atoms with Crippen LogP contribution < -0.4 is 25.4 Å². The van der Waals surface area contributed by atoms with Gasteiger partial charge in [-0.2, -0.15) is 0 Å². The molecule has 3 N–H and O–H groups in total. The van der Waals surface area contributed by atoms with Crippen molar-refractivity contribution in [1.29, 1.82) is 0 Å². The van der Waals surface area contributed by atoms with E-state index >= 15 is 0 Å². The minimum absolute atomic E-state index is 0.0913. The zero-order valence-electron chi connectivity index (χ0n) is 13.6. The van der Waals surface area contributed by atoms with Crippen molar-refractivity contribution in [2.75, 3.05) is 32.8 Å². The number of carbonyl (C=O) groups excluding carboxylic acids is 1. The molecule has 7 heteroatoms. The average Bonchev–Trinajstić information content (AvgIpc) is 2.57. The first-order valence-corrected chi connectivity index (χ1v) is 7.90. The zero-order valence-corrected chi connectivity index (χ0v) is 13.6. The summed E-state index contributed by atoms with van der Waals surface area (Å²) < 4.78 is 11.5. The van der Waals surface area contributed by atoms with E-state index in [4.69, 9.17) is 9.47 Å². The molecule has 1 aromatic carbocycles. The summed E-state index contributed by atoms with van der Waals surface area (Å²) in [5.41, 5.74) is 0. The van der Waals surface area contributed by atoms with E-state index in [1.165, 1.54) is 0 Å². The number of ether oxygens (including phenoxy) is 2. The molecular formula is C16H24N4O3. The second-order valence-electron chi connectivity index (χ2n) is 5.03. The van der Waals surface area contributed by atoms with Gasteiger partial charge in [-0.25, -0.2) is 4.99 Å². The highest BCUT2D eigenvalue weighted by Gasteiger charge is 2.20. The van der Waals surface area contributed by atoms with Crippen LogP contribution in [0.5, 0.6) is 11.5 Å². The van der Waals surface area contributed by atoms with Crippen LogP contribution in [0.15, 0.2) is 29.3 Å². The van der Waals surface area contributed by atoms with Gasteiger partial charge < -0.3 is 25.4 Å². The molecule has 1 amide bonds. The van der Waals surface area contributed by atoms with Crippen LogP contribution in [-0.4, -0.2) is 50.8 Å². The monoisotopic (exact) mass is 320 g/mol. The molecule has 0 saturated heterocycles. The van der Waals surface area contributed by atoms with E-state index in [9.17, 15) is 4.79 Å². The lowest BCUT2D eigenvalue weighted by Crippen LogP contribution is -2.45. The number of hydrogen-bond acceptors (Lipinski definition) is 4. The van der Waals surface area contributed by atoms with Gasteiger partial charge in [0.15, 0.2) is 17.5 Å². The van der Waals surface area contributed by atoms with Crippen LogP contribution in [0, 0.1) is 0 Å². The molecule has 126 valence electrons. The first kappa shape index (κ1) is 16.9. The molecule has 1 heterocycles. The predicted molar refractivity (Wildman–Crippen MR) is 89.0 cm³/mol. The normalized spacial score (nSPS) is 16.6. The van der Waals surface area contributed by atoms with E-state index in [1.807, 2.05) is 38.1 Å². The minimum Gasteiger partial charge on any atom is -0.486 e. The molecule has 0 saturated carbocycles. The van der Waals surface area contributed by atoms with Gasteiger partial charge in [-0.3, -0.25) is 4.79 Å². The molecule has 0 spiro atoms. The Hall–Kier alpha value is -2.44. The lowest BCUT2D eigenvalue weighted by Gasteiger charge is -2.27. The van der Waals surface area contributed by atoms with Crippen molar-refractivity contribution >= 4 is 11.9 Å². The molecule has 0 radical (unpaired) electrons. The quantitative estimate of drug-likeness (QED) is 0.526. The topological polar surface area (TPSA) is 84.0 Å². The van der Waals surface area contributed by atoms with Crippen LogP contribution in [0.1, 0.15) is 13.8 Å². The standard InChI is InChI=1S/C16H24N4O3/c1-3-17-15(21)10-20-16(18-4-2)19-9-12-11-22-13-7-5-6-8-14(13)23-12/h5-8,12H,3-4,9-11H2,1-2H3,(H,17,21)(H2,18,19,20). The smallest absolute Gasteiger partial charge is 0.241 e. The van der Waals surface area contributed by atoms with Crippen molar-refractivity contribution in [2.45, 2.75) is 20.0 Å². The van der Waals surface area contributed by atoms with Crippen LogP contribution in [0.2, 0.25) is 0 Å². The van der Waals surface area contributed by atoms with Gasteiger partial charge >= 0.3 is 0 Å². The highest BCUT2D eigenvalue weighted by Crippen LogP contribution is 2.30. The van der Waals surface area contributed by atoms with Gasteiger partial charge in [0.25, 0.3) is 0 Å². The van der Waals surface area contributed by atoms with Gasteiger partial charge in [-0.15, -0.1) is 0 Å². The maximum absolute atomic E-state index is 11.5. The highest BCUT2D eigenvalue weighted by atomic mass is 16.6. The van der Waals surface area contributed by atoms with Crippen molar-refractivity contribution in [1.82, 2.24) is 16.0 Å². The zero-order chi connectivity index (χ0) is 16.5. The van der Waals surface area contributed by atoms with Crippen molar-refractivity contribution < 1.29 is 14.3 Å². The number of fused-ring (bicyclic) bond motifs is 1. The number of amides is 1. The molecule has 1 unspecified atom stereocenters. The van der Waals surface area contributed by atoms with Crippen molar-refractivity contribution in [2.24, 2.45) is 4.99 Å². The van der Waals surface area contributed by atoms with Crippen LogP contribution in [0.3, 0.4) is 0 Å². The van der Waals surface area contributed by atoms with E-state index in [1.54, 1.807) is 0 Å². The fourth-order valence-corrected chi connectivity index (χ4v) is 2.12. The highest BCUT2D eigenvalue weighted by molar-refractivity contribution is 5.84. The van der Waals surface area contributed by atoms with Gasteiger partial charge in [-0.1, -0.05) is 12.1 Å². The fourth-order valence-electron chi connectivity index (χ4n) is 2.12. The number of carbonyl (C=O) groups is 1. The summed E-state index contributed by atoms with van der Waals surface area (Å²) in [5.74, 6) is 1.99. The Morgan fingerprint density at radius 2 is 1.91 bits per heavy atom. The number of benzene rings is 1. The third-order valence-electron chi connectivity index (χ3n) is 3.16. The van der Waals surface area contributed by atoms with Crippen LogP contribution in [0.25, 0.3) is 0 Å². The summed E-state index contributed by atoms with van der Waals surface area (Å²) in [7, 11) is 0. The maximum atomic E-state index is 11.5. The largest absolute Gasteiger partial charge is 0.486 e. The van der Waals surface area contributed by atoms with Crippen LogP contribution >= 0.6 is 0 Å². The van der Waals surface area contributed by atoms with E-state index in [0.717, 1.165) is 11.5 Å². The number of nitrogens with zero attached hydrogens (tertiary/aromatic N) is 1. The molecule has 1 aliphatic heterocycles. The molecule has 7 nitrogen and oxygen atoms in total. The van der Waals surface area contributed by atoms with Gasteiger partial charge in [0.2, 0.25) is 5.91 Å². The van der Waals surface area contributed by atoms with E-state index in [-0.39, 0.29) is 18.6 Å². The number of likely N-dealkylation sites (N-methyl/N-ethyl adjacent to an activating group) is 1. The Kier molecular flexibility index (Phi) is 6.53. The Morgan fingerprint density at radius 1 is 1.17 bits per heavy atom. The number of guanidine groups is 1. The maximum Gasteiger partial charge on any atom is 0.241 e. The summed E-state index contributed by atoms with van der Waals surface area (Å²) >= 11 is 0. The predicted octanol–water partition coefficient (Wildman–Crippen LogP) is 0.518. The third-order valence-corrected chi connectivity index (χ3v) is 3.16. The summed E-state index contributed by atoms with van der Waals surface area (Å²) in [5, 5.41) is 8.99. The Morgan fingerprint density at radius 3 is 2.65 bits per heavy atom. The summed E-state index contributed by atoms with van der Waals surface area (Å²) in [6.45, 7) is 6.27. The van der Waals surface area contributed by atoms with Crippen molar-refractivity contribution in [3.8, 4) is 11.5 Å². The Labute approximate surface area is 136 Å². The van der Waals surface area contributed by atoms with Crippen LogP contribution in [-0.2, 0) is 4.79 Å². The molecule has 2 rings (SSSR count). The molecule has 1 atom stereocenters. The second-order valence-corrected chi connectivity index (χ2v) is 5.03.